The van der Waals surface area contributed by atoms with E-state index in [4.69, 9.17) is 9.52 Å². The van der Waals surface area contributed by atoms with Crippen LogP contribution in [-0.4, -0.2) is 33.9 Å². The number of amides is 2. The lowest BCUT2D eigenvalue weighted by Gasteiger charge is -2.24. The van der Waals surface area contributed by atoms with Gasteiger partial charge in [0.15, 0.2) is 0 Å². The van der Waals surface area contributed by atoms with Crippen molar-refractivity contribution in [3.05, 3.63) is 87.1 Å². The van der Waals surface area contributed by atoms with Crippen LogP contribution in [0.2, 0.25) is 0 Å². The molecule has 7 nitrogen and oxygen atoms in total. The Labute approximate surface area is 231 Å². The Bertz CT molecular complexity index is 1450. The predicted octanol–water partition coefficient (Wildman–Crippen LogP) is 5.93. The van der Waals surface area contributed by atoms with Gasteiger partial charge in [0.2, 0.25) is 11.8 Å². The molecule has 4 heterocycles. The first-order valence-electron chi connectivity index (χ1n) is 12.6. The lowest BCUT2D eigenvalue weighted by Crippen LogP contribution is -2.42. The standard InChI is InChI=1S/C29H32N4O3S2/c1-18-10-11-21(19(2)14-18)33-28-25(27(31-33)29(3,4)5)26(22-9-7-13-37-22)38-17-24(35)32(28)16-23(34)30-15-20-8-6-12-36-20/h6-14,26H,15-17H2,1-5H3,(H,30,34)/t26-/m0/s1. The Balaban J connectivity index is 1.67. The van der Waals surface area contributed by atoms with Crippen molar-refractivity contribution in [2.45, 2.75) is 51.8 Å². The summed E-state index contributed by atoms with van der Waals surface area (Å²) >= 11 is 3.28. The van der Waals surface area contributed by atoms with Crippen LogP contribution in [0.5, 0.6) is 0 Å². The van der Waals surface area contributed by atoms with Crippen LogP contribution in [0.15, 0.2) is 58.5 Å². The van der Waals surface area contributed by atoms with E-state index in [1.807, 2.05) is 22.9 Å². The molecule has 0 radical (unpaired) electrons. The number of aryl methyl sites for hydroxylation is 2. The van der Waals surface area contributed by atoms with Gasteiger partial charge in [-0.2, -0.15) is 5.10 Å². The van der Waals surface area contributed by atoms with Gasteiger partial charge < -0.3 is 9.73 Å². The molecule has 0 unspecified atom stereocenters. The quantitative estimate of drug-likeness (QED) is 0.323. The molecule has 1 aromatic carbocycles. The molecule has 4 aromatic rings. The average Bonchev–Trinajstić information content (AvgIpc) is 3.61. The van der Waals surface area contributed by atoms with E-state index in [2.05, 4.69) is 63.5 Å². The molecule has 0 fully saturated rings. The van der Waals surface area contributed by atoms with Gasteiger partial charge in [-0.25, -0.2) is 4.68 Å². The molecular weight excluding hydrogens is 516 g/mol. The number of fused-ring (bicyclic) bond motifs is 1. The van der Waals surface area contributed by atoms with Crippen molar-refractivity contribution >= 4 is 40.7 Å². The van der Waals surface area contributed by atoms with E-state index < -0.39 is 0 Å². The highest BCUT2D eigenvalue weighted by Crippen LogP contribution is 2.49. The van der Waals surface area contributed by atoms with Crippen molar-refractivity contribution in [3.63, 3.8) is 0 Å². The van der Waals surface area contributed by atoms with Gasteiger partial charge >= 0.3 is 0 Å². The number of hydrogen-bond acceptors (Lipinski definition) is 6. The summed E-state index contributed by atoms with van der Waals surface area (Å²) in [5.74, 6) is 1.22. The van der Waals surface area contributed by atoms with E-state index in [9.17, 15) is 9.59 Å². The van der Waals surface area contributed by atoms with Crippen molar-refractivity contribution in [2.24, 2.45) is 0 Å². The number of thioether (sulfide) groups is 1. The molecule has 0 spiro atoms. The summed E-state index contributed by atoms with van der Waals surface area (Å²) in [6, 6.07) is 14.0. The summed E-state index contributed by atoms with van der Waals surface area (Å²) in [5.41, 5.74) is 4.73. The smallest absolute Gasteiger partial charge is 0.240 e. The number of benzene rings is 1. The Morgan fingerprint density at radius 1 is 1.18 bits per heavy atom. The maximum Gasteiger partial charge on any atom is 0.240 e. The minimum Gasteiger partial charge on any atom is -0.467 e. The molecule has 0 aliphatic carbocycles. The van der Waals surface area contributed by atoms with Gasteiger partial charge in [0.1, 0.15) is 18.1 Å². The number of aromatic nitrogens is 2. The number of carbonyl (C=O) groups excluding carboxylic acids is 2. The van der Waals surface area contributed by atoms with Crippen LogP contribution in [0.25, 0.3) is 5.69 Å². The first-order valence-corrected chi connectivity index (χ1v) is 14.5. The molecule has 0 saturated heterocycles. The zero-order valence-corrected chi connectivity index (χ0v) is 23.9. The molecule has 0 saturated carbocycles. The molecule has 1 atom stereocenters. The van der Waals surface area contributed by atoms with E-state index in [1.54, 1.807) is 40.3 Å². The van der Waals surface area contributed by atoms with Gasteiger partial charge in [-0.15, -0.1) is 23.1 Å². The van der Waals surface area contributed by atoms with Gasteiger partial charge in [-0.05, 0) is 49.1 Å². The fourth-order valence-corrected chi connectivity index (χ4v) is 6.92. The molecule has 5 rings (SSSR count). The van der Waals surface area contributed by atoms with Crippen LogP contribution in [0.3, 0.4) is 0 Å². The molecule has 38 heavy (non-hydrogen) atoms. The molecule has 0 bridgehead atoms. The van der Waals surface area contributed by atoms with E-state index in [0.717, 1.165) is 28.1 Å². The van der Waals surface area contributed by atoms with Gasteiger partial charge in [-0.3, -0.25) is 14.5 Å². The minimum atomic E-state index is -0.287. The lowest BCUT2D eigenvalue weighted by atomic mass is 9.88. The normalized spacial score (nSPS) is 15.9. The summed E-state index contributed by atoms with van der Waals surface area (Å²) in [5, 5.41) is 10.1. The highest BCUT2D eigenvalue weighted by atomic mass is 32.2. The topological polar surface area (TPSA) is 80.4 Å². The SMILES string of the molecule is Cc1ccc(-n2nc(C(C)(C)C)c3c2N(CC(=O)NCc2ccco2)C(=O)CS[C@H]3c2cccs2)c(C)c1. The first kappa shape index (κ1) is 26.3. The van der Waals surface area contributed by atoms with Gasteiger partial charge in [0.05, 0.1) is 35.2 Å². The molecular formula is C29H32N4O3S2. The average molecular weight is 549 g/mol. The first-order chi connectivity index (χ1) is 18.1. The third kappa shape index (κ3) is 5.17. The highest BCUT2D eigenvalue weighted by Gasteiger charge is 2.40. The number of rotatable bonds is 6. The van der Waals surface area contributed by atoms with E-state index in [-0.39, 0.29) is 41.3 Å². The number of nitrogens with zero attached hydrogens (tertiary/aromatic N) is 3. The Hall–Kier alpha value is -3.30. The summed E-state index contributed by atoms with van der Waals surface area (Å²) < 4.78 is 7.24. The minimum absolute atomic E-state index is 0.0705. The molecule has 3 aromatic heterocycles. The second kappa shape index (κ2) is 10.5. The van der Waals surface area contributed by atoms with Crippen LogP contribution < -0.4 is 10.2 Å². The third-order valence-electron chi connectivity index (χ3n) is 6.52. The molecule has 9 heteroatoms. The number of hydrogen-bond donors (Lipinski definition) is 1. The van der Waals surface area contributed by atoms with Gasteiger partial charge in [0.25, 0.3) is 0 Å². The molecule has 1 N–H and O–H groups in total. The highest BCUT2D eigenvalue weighted by molar-refractivity contribution is 8.00. The number of nitrogens with one attached hydrogen (secondary N) is 1. The number of carbonyl (C=O) groups is 2. The van der Waals surface area contributed by atoms with Crippen LogP contribution in [0.4, 0.5) is 5.82 Å². The maximum atomic E-state index is 13.7. The fraction of sp³-hybridized carbons (Fsp3) is 0.345. The van der Waals surface area contributed by atoms with Crippen molar-refractivity contribution in [3.8, 4) is 5.69 Å². The van der Waals surface area contributed by atoms with Crippen molar-refractivity contribution < 1.29 is 14.0 Å². The zero-order chi connectivity index (χ0) is 27.0. The molecule has 1 aliphatic heterocycles. The number of thiophene rings is 1. The van der Waals surface area contributed by atoms with Crippen LogP contribution in [0, 0.1) is 13.8 Å². The Kier molecular flexibility index (Phi) is 7.24. The zero-order valence-electron chi connectivity index (χ0n) is 22.3. The summed E-state index contributed by atoms with van der Waals surface area (Å²) in [6.07, 6.45) is 1.57. The Morgan fingerprint density at radius 3 is 2.66 bits per heavy atom. The van der Waals surface area contributed by atoms with Crippen LogP contribution in [0.1, 0.15) is 59.0 Å². The molecule has 198 valence electrons. The Morgan fingerprint density at radius 2 is 2.00 bits per heavy atom. The van der Waals surface area contributed by atoms with E-state index >= 15 is 0 Å². The fourth-order valence-electron chi connectivity index (χ4n) is 4.75. The van der Waals surface area contributed by atoms with Crippen molar-refractivity contribution in [1.29, 1.82) is 0 Å². The number of furan rings is 1. The van der Waals surface area contributed by atoms with Crippen LogP contribution in [-0.2, 0) is 21.5 Å². The number of anilines is 1. The van der Waals surface area contributed by atoms with Crippen molar-refractivity contribution in [2.75, 3.05) is 17.2 Å². The second-order valence-corrected chi connectivity index (χ2v) is 12.7. The van der Waals surface area contributed by atoms with Gasteiger partial charge in [0, 0.05) is 15.9 Å². The second-order valence-electron chi connectivity index (χ2n) is 10.6. The summed E-state index contributed by atoms with van der Waals surface area (Å²) in [6.45, 7) is 10.7. The van der Waals surface area contributed by atoms with Gasteiger partial charge in [-0.1, -0.05) is 44.5 Å². The maximum absolute atomic E-state index is 13.7. The van der Waals surface area contributed by atoms with E-state index in [1.165, 1.54) is 4.88 Å². The largest absolute Gasteiger partial charge is 0.467 e. The lowest BCUT2D eigenvalue weighted by molar-refractivity contribution is -0.123. The third-order valence-corrected chi connectivity index (χ3v) is 8.85. The summed E-state index contributed by atoms with van der Waals surface area (Å²) in [7, 11) is 0. The monoisotopic (exact) mass is 548 g/mol. The molecule has 1 aliphatic rings. The van der Waals surface area contributed by atoms with Crippen LogP contribution >= 0.6 is 23.1 Å². The summed E-state index contributed by atoms with van der Waals surface area (Å²) in [4.78, 5) is 29.7. The van der Waals surface area contributed by atoms with Crippen molar-refractivity contribution in [1.82, 2.24) is 15.1 Å². The molecule has 2 amide bonds. The van der Waals surface area contributed by atoms with E-state index in [0.29, 0.717) is 11.6 Å². The predicted molar refractivity (Wildman–Crippen MR) is 153 cm³/mol.